The number of amides is 1. The normalized spacial score (nSPS) is 28.9. The highest BCUT2D eigenvalue weighted by atomic mass is 79.9. The Kier molecular flexibility index (Phi) is 2.07. The minimum Gasteiger partial charge on any atom is -0.370 e. The number of carbonyl (C=O) groups excluding carboxylic acids is 1. The molecule has 0 aliphatic carbocycles. The number of hydrogen-bond acceptors (Lipinski definition) is 2. The van der Waals surface area contributed by atoms with Gasteiger partial charge in [0.2, 0.25) is 5.91 Å². The van der Waals surface area contributed by atoms with Gasteiger partial charge in [-0.25, -0.2) is 0 Å². The zero-order valence-electron chi connectivity index (χ0n) is 8.02. The lowest BCUT2D eigenvalue weighted by molar-refractivity contribution is -0.125. The maximum atomic E-state index is 11.9. The van der Waals surface area contributed by atoms with E-state index in [-0.39, 0.29) is 17.9 Å². The molecule has 2 aliphatic heterocycles. The first-order valence-corrected chi connectivity index (χ1v) is 5.65. The third kappa shape index (κ3) is 1.32. The molecule has 2 aliphatic rings. The van der Waals surface area contributed by atoms with E-state index in [0.717, 1.165) is 11.1 Å². The molecule has 2 atom stereocenters. The van der Waals surface area contributed by atoms with Crippen LogP contribution in [0.4, 0.5) is 0 Å². The number of halogens is 1. The van der Waals surface area contributed by atoms with E-state index >= 15 is 0 Å². The summed E-state index contributed by atoms with van der Waals surface area (Å²) >= 11 is 3.25. The van der Waals surface area contributed by atoms with Gasteiger partial charge in [-0.15, -0.1) is 0 Å². The van der Waals surface area contributed by atoms with Gasteiger partial charge in [0.15, 0.2) is 0 Å². The molecule has 0 bridgehead atoms. The van der Waals surface area contributed by atoms with E-state index in [1.54, 1.807) is 3.93 Å². The van der Waals surface area contributed by atoms with E-state index in [1.165, 1.54) is 0 Å². The van der Waals surface area contributed by atoms with Crippen LogP contribution in [0.15, 0.2) is 24.3 Å². The maximum absolute atomic E-state index is 11.9. The molecular weight excluding hydrogens is 258 g/mol. The van der Waals surface area contributed by atoms with Crippen LogP contribution >= 0.6 is 16.1 Å². The first-order valence-electron chi connectivity index (χ1n) is 4.94. The average molecular weight is 268 g/mol. The maximum Gasteiger partial charge on any atom is 0.242 e. The summed E-state index contributed by atoms with van der Waals surface area (Å²) in [5, 5.41) is 0. The number of rotatable bonds is 0. The van der Waals surface area contributed by atoms with Crippen LogP contribution in [0, 0.1) is 0 Å². The number of fused-ring (bicyclic) bond motifs is 3. The summed E-state index contributed by atoms with van der Waals surface area (Å²) in [6.07, 6.45) is 0.00627. The summed E-state index contributed by atoms with van der Waals surface area (Å²) in [7, 11) is 0. The molecule has 1 aromatic carbocycles. The molecular formula is C11H10BrNO2. The van der Waals surface area contributed by atoms with Crippen molar-refractivity contribution in [1.82, 2.24) is 3.93 Å². The number of nitrogens with zero attached hydrogens (tertiary/aromatic N) is 1. The van der Waals surface area contributed by atoms with Crippen LogP contribution in [0.1, 0.15) is 17.0 Å². The number of benzene rings is 1. The summed E-state index contributed by atoms with van der Waals surface area (Å²) in [6, 6.07) is 8.01. The molecule has 0 saturated carbocycles. The zero-order valence-corrected chi connectivity index (χ0v) is 9.61. The van der Waals surface area contributed by atoms with E-state index in [0.29, 0.717) is 13.2 Å². The van der Waals surface area contributed by atoms with Crippen molar-refractivity contribution in [2.75, 3.05) is 6.54 Å². The van der Waals surface area contributed by atoms with E-state index in [9.17, 15) is 4.79 Å². The van der Waals surface area contributed by atoms with Gasteiger partial charge in [0.1, 0.15) is 0 Å². The smallest absolute Gasteiger partial charge is 0.242 e. The largest absolute Gasteiger partial charge is 0.370 e. The second kappa shape index (κ2) is 3.32. The second-order valence-electron chi connectivity index (χ2n) is 3.91. The van der Waals surface area contributed by atoms with Gasteiger partial charge in [0, 0.05) is 0 Å². The van der Waals surface area contributed by atoms with Crippen LogP contribution in [-0.4, -0.2) is 22.5 Å². The van der Waals surface area contributed by atoms with Gasteiger partial charge in [-0.3, -0.25) is 8.72 Å². The molecule has 0 aromatic heterocycles. The van der Waals surface area contributed by atoms with Gasteiger partial charge in [0.25, 0.3) is 0 Å². The van der Waals surface area contributed by atoms with Crippen molar-refractivity contribution in [1.29, 1.82) is 0 Å². The topological polar surface area (TPSA) is 29.5 Å². The zero-order chi connectivity index (χ0) is 10.4. The summed E-state index contributed by atoms with van der Waals surface area (Å²) in [4.78, 5) is 11.9. The van der Waals surface area contributed by atoms with Crippen molar-refractivity contribution in [3.8, 4) is 0 Å². The summed E-state index contributed by atoms with van der Waals surface area (Å²) in [6.45, 7) is 1.25. The fourth-order valence-electron chi connectivity index (χ4n) is 2.31. The minimum atomic E-state index is -0.116. The Morgan fingerprint density at radius 1 is 1.40 bits per heavy atom. The lowest BCUT2D eigenvalue weighted by atomic mass is 9.89. The molecule has 0 radical (unpaired) electrons. The lowest BCUT2D eigenvalue weighted by Gasteiger charge is -2.25. The molecule has 1 aromatic rings. The van der Waals surface area contributed by atoms with E-state index in [2.05, 4.69) is 16.1 Å². The molecule has 3 rings (SSSR count). The standard InChI is InChI=1S/C11H10BrNO2/c12-13-5-9-10(11(13)14)8-4-2-1-3-7(8)6-15-9/h1-4,9-10H,5-6H2. The Hall–Kier alpha value is -0.870. The van der Waals surface area contributed by atoms with Gasteiger partial charge in [-0.1, -0.05) is 24.3 Å². The number of ether oxygens (including phenoxy) is 1. The van der Waals surface area contributed by atoms with Crippen LogP contribution in [0.3, 0.4) is 0 Å². The Morgan fingerprint density at radius 2 is 2.20 bits per heavy atom. The Balaban J connectivity index is 2.08. The highest BCUT2D eigenvalue weighted by Gasteiger charge is 2.44. The predicted octanol–water partition coefficient (Wildman–Crippen LogP) is 1.82. The minimum absolute atomic E-state index is 0.00627. The van der Waals surface area contributed by atoms with Crippen LogP contribution in [0.2, 0.25) is 0 Å². The summed E-state index contributed by atoms with van der Waals surface area (Å²) in [5.74, 6) is -0.0125. The van der Waals surface area contributed by atoms with Crippen molar-refractivity contribution in [2.45, 2.75) is 18.6 Å². The molecule has 2 heterocycles. The van der Waals surface area contributed by atoms with Gasteiger partial charge in [-0.05, 0) is 11.1 Å². The first kappa shape index (κ1) is 9.36. The molecule has 3 nitrogen and oxygen atoms in total. The lowest BCUT2D eigenvalue weighted by Crippen LogP contribution is -2.27. The molecule has 1 amide bonds. The third-order valence-corrected chi connectivity index (χ3v) is 3.70. The fourth-order valence-corrected chi connectivity index (χ4v) is 2.82. The number of hydrogen-bond donors (Lipinski definition) is 0. The van der Waals surface area contributed by atoms with Gasteiger partial charge >= 0.3 is 0 Å². The van der Waals surface area contributed by atoms with Crippen LogP contribution in [-0.2, 0) is 16.1 Å². The monoisotopic (exact) mass is 267 g/mol. The Morgan fingerprint density at radius 3 is 3.07 bits per heavy atom. The highest BCUT2D eigenvalue weighted by molar-refractivity contribution is 9.07. The van der Waals surface area contributed by atoms with Crippen LogP contribution < -0.4 is 0 Å². The predicted molar refractivity (Wildman–Crippen MR) is 58.4 cm³/mol. The van der Waals surface area contributed by atoms with Gasteiger partial charge in [0.05, 0.1) is 41.3 Å². The third-order valence-electron chi connectivity index (χ3n) is 3.06. The van der Waals surface area contributed by atoms with Crippen molar-refractivity contribution in [2.24, 2.45) is 0 Å². The van der Waals surface area contributed by atoms with E-state index in [1.807, 2.05) is 24.3 Å². The Labute approximate surface area is 96.4 Å². The summed E-state index contributed by atoms with van der Waals surface area (Å²) < 4.78 is 7.25. The molecule has 2 unspecified atom stereocenters. The SMILES string of the molecule is O=C1C2c3ccccc3COC2CN1Br. The molecule has 1 saturated heterocycles. The molecule has 0 N–H and O–H groups in total. The molecule has 0 spiro atoms. The highest BCUT2D eigenvalue weighted by Crippen LogP contribution is 2.38. The molecule has 4 heteroatoms. The van der Waals surface area contributed by atoms with E-state index in [4.69, 9.17) is 4.74 Å². The molecule has 78 valence electrons. The van der Waals surface area contributed by atoms with Crippen molar-refractivity contribution < 1.29 is 9.53 Å². The second-order valence-corrected chi connectivity index (χ2v) is 4.77. The van der Waals surface area contributed by atoms with Gasteiger partial charge < -0.3 is 4.74 Å². The first-order chi connectivity index (χ1) is 7.27. The van der Waals surface area contributed by atoms with E-state index < -0.39 is 0 Å². The van der Waals surface area contributed by atoms with Crippen LogP contribution in [0.5, 0.6) is 0 Å². The van der Waals surface area contributed by atoms with Gasteiger partial charge in [-0.2, -0.15) is 0 Å². The fraction of sp³-hybridized carbons (Fsp3) is 0.364. The number of carbonyl (C=O) groups is 1. The Bertz CT molecular complexity index is 421. The van der Waals surface area contributed by atoms with Crippen molar-refractivity contribution in [3.63, 3.8) is 0 Å². The van der Waals surface area contributed by atoms with Crippen molar-refractivity contribution in [3.05, 3.63) is 35.4 Å². The molecule has 15 heavy (non-hydrogen) atoms. The van der Waals surface area contributed by atoms with Crippen LogP contribution in [0.25, 0.3) is 0 Å². The molecule has 1 fully saturated rings. The average Bonchev–Trinajstić information content (AvgIpc) is 2.55. The quantitative estimate of drug-likeness (QED) is 0.672. The summed E-state index contributed by atoms with van der Waals surface area (Å²) in [5.41, 5.74) is 2.26. The van der Waals surface area contributed by atoms with Crippen molar-refractivity contribution >= 4 is 22.1 Å².